The summed E-state index contributed by atoms with van der Waals surface area (Å²) in [5.41, 5.74) is -0.105. The van der Waals surface area contributed by atoms with Crippen LogP contribution in [-0.2, 0) is 6.18 Å². The molecule has 1 aromatic rings. The van der Waals surface area contributed by atoms with Gasteiger partial charge < -0.3 is 10.6 Å². The molecule has 2 rings (SSSR count). The summed E-state index contributed by atoms with van der Waals surface area (Å²) in [6.07, 6.45) is -1.38. The summed E-state index contributed by atoms with van der Waals surface area (Å²) < 4.78 is 38.7. The van der Waals surface area contributed by atoms with Crippen LogP contribution in [0.25, 0.3) is 0 Å². The molecule has 1 aliphatic heterocycles. The van der Waals surface area contributed by atoms with Crippen molar-refractivity contribution >= 4 is 21.6 Å². The van der Waals surface area contributed by atoms with Gasteiger partial charge in [0.2, 0.25) is 0 Å². The molecule has 0 amide bonds. The molecule has 1 fully saturated rings. The first-order chi connectivity index (χ1) is 8.97. The topological polar surface area (TPSA) is 24.1 Å². The van der Waals surface area contributed by atoms with Gasteiger partial charge in [-0.15, -0.1) is 0 Å². The van der Waals surface area contributed by atoms with Crippen molar-refractivity contribution in [2.75, 3.05) is 18.4 Å². The van der Waals surface area contributed by atoms with E-state index in [1.165, 1.54) is 12.1 Å². The van der Waals surface area contributed by atoms with Gasteiger partial charge >= 0.3 is 6.18 Å². The highest BCUT2D eigenvalue weighted by Gasteiger charge is 2.31. The molecule has 1 atom stereocenters. The number of anilines is 1. The minimum atomic E-state index is -4.30. The molecule has 0 bridgehead atoms. The predicted molar refractivity (Wildman–Crippen MR) is 73.3 cm³/mol. The number of rotatable bonds is 2. The molecule has 0 saturated carbocycles. The Kier molecular flexibility index (Phi) is 4.73. The van der Waals surface area contributed by atoms with Gasteiger partial charge in [-0.2, -0.15) is 13.2 Å². The zero-order valence-electron chi connectivity index (χ0n) is 10.4. The fourth-order valence-corrected chi connectivity index (χ4v) is 2.56. The molecule has 0 spiro atoms. The number of nitrogens with one attached hydrogen (secondary N) is 2. The van der Waals surface area contributed by atoms with Crippen LogP contribution in [0, 0.1) is 0 Å². The van der Waals surface area contributed by atoms with E-state index in [1.54, 1.807) is 0 Å². The molecule has 0 aliphatic carbocycles. The molecular weight excluding hydrogens is 321 g/mol. The quantitative estimate of drug-likeness (QED) is 0.852. The lowest BCUT2D eigenvalue weighted by molar-refractivity contribution is -0.137. The van der Waals surface area contributed by atoms with Gasteiger partial charge in [-0.3, -0.25) is 0 Å². The first-order valence-electron chi connectivity index (χ1n) is 6.31. The Bertz CT molecular complexity index is 426. The third-order valence-electron chi connectivity index (χ3n) is 3.23. The Morgan fingerprint density at radius 1 is 1.21 bits per heavy atom. The minimum Gasteiger partial charge on any atom is -0.381 e. The number of halogens is 4. The fourth-order valence-electron chi connectivity index (χ4n) is 2.20. The number of hydrogen-bond donors (Lipinski definition) is 2. The third-order valence-corrected chi connectivity index (χ3v) is 3.92. The zero-order chi connectivity index (χ0) is 13.9. The van der Waals surface area contributed by atoms with Crippen LogP contribution in [0.5, 0.6) is 0 Å². The van der Waals surface area contributed by atoms with Gasteiger partial charge in [-0.25, -0.2) is 0 Å². The fraction of sp³-hybridized carbons (Fsp3) is 0.538. The van der Waals surface area contributed by atoms with E-state index in [-0.39, 0.29) is 6.04 Å². The molecule has 0 aromatic heterocycles. The molecule has 6 heteroatoms. The van der Waals surface area contributed by atoms with Crippen molar-refractivity contribution in [3.63, 3.8) is 0 Å². The van der Waals surface area contributed by atoms with Crippen molar-refractivity contribution in [3.8, 4) is 0 Å². The monoisotopic (exact) mass is 336 g/mol. The van der Waals surface area contributed by atoms with E-state index >= 15 is 0 Å². The van der Waals surface area contributed by atoms with Crippen LogP contribution in [0.3, 0.4) is 0 Å². The summed E-state index contributed by atoms with van der Waals surface area (Å²) in [6.45, 7) is 1.87. The Morgan fingerprint density at radius 2 is 2.00 bits per heavy atom. The predicted octanol–water partition coefficient (Wildman–Crippen LogP) is 4.02. The van der Waals surface area contributed by atoms with Crippen molar-refractivity contribution in [1.29, 1.82) is 0 Å². The normalized spacial score (nSPS) is 20.9. The van der Waals surface area contributed by atoms with Gasteiger partial charge in [0.15, 0.2) is 0 Å². The second kappa shape index (κ2) is 6.13. The number of hydrogen-bond acceptors (Lipinski definition) is 2. The minimum absolute atomic E-state index is 0.217. The van der Waals surface area contributed by atoms with Crippen LogP contribution < -0.4 is 10.6 Å². The lowest BCUT2D eigenvalue weighted by Crippen LogP contribution is -2.22. The Morgan fingerprint density at radius 3 is 2.74 bits per heavy atom. The van der Waals surface area contributed by atoms with Crippen LogP contribution in [-0.4, -0.2) is 19.1 Å². The molecule has 1 aromatic carbocycles. The summed E-state index contributed by atoms with van der Waals surface area (Å²) in [5, 5.41) is 6.50. The summed E-state index contributed by atoms with van der Waals surface area (Å²) in [4.78, 5) is 0. The largest absolute Gasteiger partial charge is 0.416 e. The van der Waals surface area contributed by atoms with Crippen LogP contribution in [0.1, 0.15) is 24.8 Å². The van der Waals surface area contributed by atoms with E-state index in [0.29, 0.717) is 10.2 Å². The molecule has 0 radical (unpaired) electrons. The maximum atomic E-state index is 12.7. The van der Waals surface area contributed by atoms with E-state index < -0.39 is 11.7 Å². The first-order valence-corrected chi connectivity index (χ1v) is 7.10. The van der Waals surface area contributed by atoms with Gasteiger partial charge in [0.25, 0.3) is 0 Å². The van der Waals surface area contributed by atoms with E-state index in [1.807, 2.05) is 0 Å². The number of alkyl halides is 3. The van der Waals surface area contributed by atoms with Gasteiger partial charge in [0.05, 0.1) is 5.56 Å². The maximum Gasteiger partial charge on any atom is 0.416 e. The third kappa shape index (κ3) is 4.11. The molecule has 106 valence electrons. The molecular formula is C13H16BrF3N2. The second-order valence-electron chi connectivity index (χ2n) is 4.71. The maximum absolute atomic E-state index is 12.7. The highest BCUT2D eigenvalue weighted by atomic mass is 79.9. The average Bonchev–Trinajstić information content (AvgIpc) is 2.59. The van der Waals surface area contributed by atoms with Gasteiger partial charge in [0, 0.05) is 16.2 Å². The highest BCUT2D eigenvalue weighted by molar-refractivity contribution is 9.10. The summed E-state index contributed by atoms with van der Waals surface area (Å²) >= 11 is 3.30. The molecule has 1 heterocycles. The smallest absolute Gasteiger partial charge is 0.381 e. The standard InChI is InChI=1S/C13H16BrF3N2/c14-11-4-3-9(13(15,16)17)8-12(11)19-10-2-1-6-18-7-5-10/h3-4,8,10,18-19H,1-2,5-7H2. The second-order valence-corrected chi connectivity index (χ2v) is 5.57. The van der Waals surface area contributed by atoms with E-state index in [4.69, 9.17) is 0 Å². The summed E-state index contributed by atoms with van der Waals surface area (Å²) in [5.74, 6) is 0. The molecule has 19 heavy (non-hydrogen) atoms. The van der Waals surface area contributed by atoms with Gasteiger partial charge in [-0.05, 0) is 66.5 Å². The van der Waals surface area contributed by atoms with Crippen LogP contribution in [0.4, 0.5) is 18.9 Å². The summed E-state index contributed by atoms with van der Waals surface area (Å²) in [7, 11) is 0. The average molecular weight is 337 g/mol. The molecule has 1 unspecified atom stereocenters. The summed E-state index contributed by atoms with van der Waals surface area (Å²) in [6, 6.07) is 3.92. The van der Waals surface area contributed by atoms with Crippen LogP contribution in [0.2, 0.25) is 0 Å². The molecule has 2 nitrogen and oxygen atoms in total. The van der Waals surface area contributed by atoms with Crippen molar-refractivity contribution < 1.29 is 13.2 Å². The number of benzene rings is 1. The molecule has 2 N–H and O–H groups in total. The van der Waals surface area contributed by atoms with E-state index in [9.17, 15) is 13.2 Å². The van der Waals surface area contributed by atoms with Crippen molar-refractivity contribution in [1.82, 2.24) is 5.32 Å². The lowest BCUT2D eigenvalue weighted by atomic mass is 10.1. The Labute approximate surface area is 118 Å². The molecule has 1 aliphatic rings. The van der Waals surface area contributed by atoms with Gasteiger partial charge in [0.1, 0.15) is 0 Å². The lowest BCUT2D eigenvalue weighted by Gasteiger charge is -2.19. The highest BCUT2D eigenvalue weighted by Crippen LogP contribution is 2.34. The Hall–Kier alpha value is -0.750. The zero-order valence-corrected chi connectivity index (χ0v) is 11.9. The van der Waals surface area contributed by atoms with Gasteiger partial charge in [-0.1, -0.05) is 0 Å². The van der Waals surface area contributed by atoms with Crippen molar-refractivity contribution in [3.05, 3.63) is 28.2 Å². The SMILES string of the molecule is FC(F)(F)c1ccc(Br)c(NC2CCCNCC2)c1. The van der Waals surface area contributed by atoms with Crippen molar-refractivity contribution in [2.45, 2.75) is 31.5 Å². The van der Waals surface area contributed by atoms with Crippen LogP contribution >= 0.6 is 15.9 Å². The Balaban J connectivity index is 2.14. The molecule has 1 saturated heterocycles. The van der Waals surface area contributed by atoms with E-state index in [0.717, 1.165) is 38.4 Å². The van der Waals surface area contributed by atoms with E-state index in [2.05, 4.69) is 26.6 Å². The van der Waals surface area contributed by atoms with Crippen LogP contribution in [0.15, 0.2) is 22.7 Å². The first kappa shape index (κ1) is 14.7. The van der Waals surface area contributed by atoms with Crippen molar-refractivity contribution in [2.24, 2.45) is 0 Å².